The molecule has 0 spiro atoms. The van der Waals surface area contributed by atoms with Gasteiger partial charge >= 0.3 is 6.09 Å². The monoisotopic (exact) mass is 710 g/mol. The van der Waals surface area contributed by atoms with Crippen molar-refractivity contribution in [1.29, 1.82) is 0 Å². The summed E-state index contributed by atoms with van der Waals surface area (Å²) >= 11 is 7.97. The predicted molar refractivity (Wildman–Crippen MR) is 165 cm³/mol. The Morgan fingerprint density at radius 2 is 2.00 bits per heavy atom. The summed E-state index contributed by atoms with van der Waals surface area (Å²) < 4.78 is 8.58. The molecule has 2 bridgehead atoms. The molecule has 10 heteroatoms. The maximum atomic E-state index is 11.7. The van der Waals surface area contributed by atoms with Gasteiger partial charge in [0.25, 0.3) is 0 Å². The van der Waals surface area contributed by atoms with E-state index in [2.05, 4.69) is 89.3 Å². The number of nitrogens with zero attached hydrogens (tertiary/aromatic N) is 4. The molecule has 7 nitrogen and oxygen atoms in total. The number of amides is 1. The Morgan fingerprint density at radius 3 is 2.61 bits per heavy atom. The van der Waals surface area contributed by atoms with Gasteiger partial charge in [0, 0.05) is 22.9 Å². The van der Waals surface area contributed by atoms with Crippen molar-refractivity contribution in [2.75, 3.05) is 28.2 Å². The molecule has 3 aromatic rings. The fraction of sp³-hybridized carbons (Fsp3) is 0.464. The number of anilines is 1. The van der Waals surface area contributed by atoms with Gasteiger partial charge in [-0.3, -0.25) is 0 Å². The number of fused-ring (bicyclic) bond motifs is 3. The van der Waals surface area contributed by atoms with Crippen molar-refractivity contribution < 1.29 is 14.6 Å². The van der Waals surface area contributed by atoms with Crippen molar-refractivity contribution >= 4 is 73.1 Å². The molecule has 38 heavy (non-hydrogen) atoms. The first-order valence-electron chi connectivity index (χ1n) is 12.9. The molecule has 0 aliphatic carbocycles. The topological polar surface area (TPSA) is 78.8 Å². The number of thioether (sulfide) groups is 1. The third-order valence-electron chi connectivity index (χ3n) is 7.50. The number of carbonyl (C=O) groups is 1. The van der Waals surface area contributed by atoms with E-state index < -0.39 is 6.09 Å². The van der Waals surface area contributed by atoms with Crippen LogP contribution in [0.15, 0.2) is 46.0 Å². The minimum absolute atomic E-state index is 0.0145. The Labute approximate surface area is 250 Å². The van der Waals surface area contributed by atoms with Crippen molar-refractivity contribution in [3.8, 4) is 5.75 Å². The number of piperazine rings is 1. The van der Waals surface area contributed by atoms with Crippen LogP contribution in [0.4, 0.5) is 10.6 Å². The molecule has 2 aliphatic rings. The van der Waals surface area contributed by atoms with E-state index in [1.54, 1.807) is 16.7 Å². The number of ether oxygens (including phenoxy) is 1. The molecule has 2 aromatic carbocycles. The number of hydrogen-bond acceptors (Lipinski definition) is 6. The first kappa shape index (κ1) is 27.8. The lowest BCUT2D eigenvalue weighted by atomic mass is 9.86. The lowest BCUT2D eigenvalue weighted by molar-refractivity contribution is 0.137. The zero-order valence-electron chi connectivity index (χ0n) is 21.9. The van der Waals surface area contributed by atoms with Gasteiger partial charge in [-0.2, -0.15) is 0 Å². The molecule has 2 fully saturated rings. The van der Waals surface area contributed by atoms with Gasteiger partial charge in [0.05, 0.1) is 16.6 Å². The molecule has 3 atom stereocenters. The Bertz CT molecular complexity index is 1360. The fourth-order valence-corrected chi connectivity index (χ4v) is 7.30. The maximum absolute atomic E-state index is 11.7. The van der Waals surface area contributed by atoms with E-state index in [4.69, 9.17) is 14.7 Å². The summed E-state index contributed by atoms with van der Waals surface area (Å²) in [4.78, 5) is 25.7. The van der Waals surface area contributed by atoms with Crippen molar-refractivity contribution in [1.82, 2.24) is 14.9 Å². The molecular weight excluding hydrogens is 679 g/mol. The zero-order chi connectivity index (χ0) is 27.2. The Hall–Kier alpha value is -1.79. The molecule has 1 aromatic heterocycles. The highest BCUT2D eigenvalue weighted by Gasteiger charge is 2.46. The van der Waals surface area contributed by atoms with E-state index in [1.165, 1.54) is 0 Å². The zero-order valence-corrected chi connectivity index (χ0v) is 26.5. The predicted octanol–water partition coefficient (Wildman–Crippen LogP) is 7.30. The molecule has 5 rings (SSSR count). The quantitative estimate of drug-likeness (QED) is 0.114. The van der Waals surface area contributed by atoms with Gasteiger partial charge in [0.1, 0.15) is 17.4 Å². The van der Waals surface area contributed by atoms with Gasteiger partial charge in [-0.05, 0) is 57.6 Å². The second kappa shape index (κ2) is 11.0. The number of carboxylic acid groups (broad SMARTS) is 1. The first-order chi connectivity index (χ1) is 18.1. The third kappa shape index (κ3) is 5.08. The van der Waals surface area contributed by atoms with Crippen LogP contribution in [0.5, 0.6) is 5.75 Å². The summed E-state index contributed by atoms with van der Waals surface area (Å²) in [6, 6.07) is 12.5. The van der Waals surface area contributed by atoms with E-state index in [1.807, 2.05) is 18.2 Å². The standard InChI is InChI=1S/C28H32BrIN4O3S/c1-5-38-26-31-23-20(25(32-26)33-13-19-11-18(33)14-34(19)27(35)36)12-21(28(3,4)15-30)22(29)24(23)37-16(2)17-9-7-6-8-10-17/h6-10,12,16,18-19H,5,11,13-15H2,1-4H3,(H,35,36)/t16-,18-,19-/m0/s1. The van der Waals surface area contributed by atoms with Crippen LogP contribution in [0.25, 0.3) is 10.9 Å². The molecule has 2 saturated heterocycles. The van der Waals surface area contributed by atoms with Crippen LogP contribution in [0.2, 0.25) is 0 Å². The average Bonchev–Trinajstić information content (AvgIpc) is 3.52. The van der Waals surface area contributed by atoms with Gasteiger partial charge < -0.3 is 19.6 Å². The SMILES string of the molecule is CCSc1nc(N2C[C@@H]3C[C@H]2CN3C(=O)O)c2cc(C(C)(C)CI)c(Br)c(O[C@@H](C)c3ccccc3)c2n1. The Kier molecular flexibility index (Phi) is 8.04. The molecule has 0 saturated carbocycles. The van der Waals surface area contributed by atoms with E-state index in [0.29, 0.717) is 18.2 Å². The summed E-state index contributed by atoms with van der Waals surface area (Å²) in [5, 5.41) is 11.3. The van der Waals surface area contributed by atoms with Crippen LogP contribution in [0.3, 0.4) is 0 Å². The highest BCUT2D eigenvalue weighted by atomic mass is 127. The van der Waals surface area contributed by atoms with Crippen LogP contribution in [-0.4, -0.2) is 61.4 Å². The number of likely N-dealkylation sites (tertiary alicyclic amines) is 1. The lowest BCUT2D eigenvalue weighted by Gasteiger charge is -2.34. The molecule has 1 amide bonds. The second-order valence-electron chi connectivity index (χ2n) is 10.5. The normalized spacial score (nSPS) is 19.8. The van der Waals surface area contributed by atoms with Crippen LogP contribution in [-0.2, 0) is 5.41 Å². The van der Waals surface area contributed by atoms with Gasteiger partial charge in [0.2, 0.25) is 0 Å². The van der Waals surface area contributed by atoms with Gasteiger partial charge in [-0.1, -0.05) is 85.5 Å². The smallest absolute Gasteiger partial charge is 0.407 e. The minimum atomic E-state index is -0.840. The summed E-state index contributed by atoms with van der Waals surface area (Å²) in [5.41, 5.74) is 2.90. The Morgan fingerprint density at radius 1 is 1.26 bits per heavy atom. The molecule has 2 aliphatic heterocycles. The van der Waals surface area contributed by atoms with E-state index in [0.717, 1.165) is 54.7 Å². The number of rotatable bonds is 8. The summed E-state index contributed by atoms with van der Waals surface area (Å²) in [6.07, 6.45) is -0.195. The van der Waals surface area contributed by atoms with Gasteiger partial charge in [-0.15, -0.1) is 0 Å². The summed E-state index contributed by atoms with van der Waals surface area (Å²) in [7, 11) is 0. The van der Waals surface area contributed by atoms with Crippen molar-refractivity contribution in [3.63, 3.8) is 0 Å². The number of aromatic nitrogens is 2. The van der Waals surface area contributed by atoms with Crippen LogP contribution in [0.1, 0.15) is 51.3 Å². The fourth-order valence-electron chi connectivity index (χ4n) is 5.39. The summed E-state index contributed by atoms with van der Waals surface area (Å²) in [5.74, 6) is 2.45. The van der Waals surface area contributed by atoms with Crippen LogP contribution >= 0.6 is 50.3 Å². The molecule has 202 valence electrons. The van der Waals surface area contributed by atoms with E-state index in [9.17, 15) is 9.90 Å². The third-order valence-corrected chi connectivity index (χ3v) is 10.9. The minimum Gasteiger partial charge on any atom is -0.483 e. The molecule has 0 unspecified atom stereocenters. The van der Waals surface area contributed by atoms with Crippen molar-refractivity contribution in [2.24, 2.45) is 0 Å². The van der Waals surface area contributed by atoms with Crippen molar-refractivity contribution in [2.45, 2.75) is 62.9 Å². The van der Waals surface area contributed by atoms with Crippen molar-refractivity contribution in [3.05, 3.63) is 52.0 Å². The van der Waals surface area contributed by atoms with E-state index in [-0.39, 0.29) is 23.6 Å². The summed E-state index contributed by atoms with van der Waals surface area (Å²) in [6.45, 7) is 9.76. The number of hydrogen-bond donors (Lipinski definition) is 1. The highest BCUT2D eigenvalue weighted by Crippen LogP contribution is 2.47. The maximum Gasteiger partial charge on any atom is 0.407 e. The number of alkyl halides is 1. The van der Waals surface area contributed by atoms with Crippen LogP contribution < -0.4 is 9.64 Å². The van der Waals surface area contributed by atoms with E-state index >= 15 is 0 Å². The molecule has 0 radical (unpaired) electrons. The van der Waals surface area contributed by atoms with Crippen LogP contribution in [0, 0.1) is 0 Å². The van der Waals surface area contributed by atoms with Gasteiger partial charge in [-0.25, -0.2) is 14.8 Å². The average molecular weight is 711 g/mol. The highest BCUT2D eigenvalue weighted by molar-refractivity contribution is 14.1. The molecule has 3 heterocycles. The lowest BCUT2D eigenvalue weighted by Crippen LogP contribution is -2.48. The Balaban J connectivity index is 1.70. The van der Waals surface area contributed by atoms with Gasteiger partial charge in [0.15, 0.2) is 10.9 Å². The second-order valence-corrected chi connectivity index (χ2v) is 13.3. The molecular formula is C28H32BrIN4O3S. The first-order valence-corrected chi connectivity index (χ1v) is 16.2. The number of benzene rings is 2. The molecule has 1 N–H and O–H groups in total. The number of halogens is 2. The largest absolute Gasteiger partial charge is 0.483 e.